The number of methoxy groups -OCH3 is 2. The zero-order chi connectivity index (χ0) is 43.0. The van der Waals surface area contributed by atoms with E-state index in [4.69, 9.17) is 42.7 Å². The van der Waals surface area contributed by atoms with E-state index in [0.717, 1.165) is 0 Å². The Labute approximate surface area is 339 Å². The van der Waals surface area contributed by atoms with E-state index in [1.54, 1.807) is 69.5 Å². The molecule has 0 amide bonds. The van der Waals surface area contributed by atoms with Crippen LogP contribution in [0.3, 0.4) is 0 Å². The highest BCUT2D eigenvalue weighted by Crippen LogP contribution is 2.41. The first kappa shape index (κ1) is 49.8. The third-order valence-corrected chi connectivity index (χ3v) is 12.3. The molecule has 0 saturated carbocycles. The average molecular weight is 823 g/mol. The number of likely N-dealkylation sites (N-methyl/N-ethyl adjacent to an activating group) is 1. The minimum atomic E-state index is -1.97. The van der Waals surface area contributed by atoms with Gasteiger partial charge in [-0.15, -0.1) is 0 Å². The second-order valence-corrected chi connectivity index (χ2v) is 17.1. The van der Waals surface area contributed by atoms with Crippen molar-refractivity contribution in [3.63, 3.8) is 0 Å². The van der Waals surface area contributed by atoms with Crippen molar-refractivity contribution in [2.45, 2.75) is 179 Å². The van der Waals surface area contributed by atoms with Crippen LogP contribution in [0.15, 0.2) is 5.16 Å². The lowest BCUT2D eigenvalue weighted by molar-refractivity contribution is -0.315. The lowest BCUT2D eigenvalue weighted by Crippen LogP contribution is -2.61. The fourth-order valence-corrected chi connectivity index (χ4v) is 8.73. The van der Waals surface area contributed by atoms with Gasteiger partial charge in [-0.2, -0.15) is 0 Å². The fraction of sp³-hybridized carbons (Fsp3) is 0.950. The maximum atomic E-state index is 14.3. The predicted octanol–water partition coefficient (Wildman–Crippen LogP) is 1.87. The maximum Gasteiger partial charge on any atom is 0.311 e. The topological polar surface area (TPSA) is 226 Å². The summed E-state index contributed by atoms with van der Waals surface area (Å²) in [4.78, 5) is 19.8. The number of hydrogen-bond donors (Lipinski definition) is 6. The number of cyclic esters (lactones) is 1. The van der Waals surface area contributed by atoms with Crippen LogP contribution in [0.2, 0.25) is 0 Å². The summed E-state index contributed by atoms with van der Waals surface area (Å²) < 4.78 is 47.9. The second-order valence-electron chi connectivity index (χ2n) is 17.1. The van der Waals surface area contributed by atoms with Crippen LogP contribution in [0.4, 0.5) is 0 Å². The number of ether oxygens (including phenoxy) is 8. The predicted molar refractivity (Wildman–Crippen MR) is 208 cm³/mol. The number of nitrogens with one attached hydrogen (secondary N) is 1. The van der Waals surface area contributed by atoms with Gasteiger partial charge in [0.1, 0.15) is 23.9 Å². The SMILES string of the molecule is CC[C@@H]1OC(=O)[C@H](C)[C@H](OC2CC(C)(OC)C(O)C(C)O2)[C@@H](C)[C@H](OC2OC(C)CC(NC)C2O)[C@](C)(O)C[C@H](C)/C(=N\OCOCCOC)[C@H](C)[C@@H](O)C1(C)O. The first-order chi connectivity index (χ1) is 26.6. The molecule has 0 aliphatic carbocycles. The minimum Gasteiger partial charge on any atom is -0.459 e. The van der Waals surface area contributed by atoms with Crippen molar-refractivity contribution >= 4 is 11.7 Å². The van der Waals surface area contributed by atoms with E-state index in [1.165, 1.54) is 14.0 Å². The van der Waals surface area contributed by atoms with Crippen molar-refractivity contribution in [3.05, 3.63) is 0 Å². The number of nitrogens with zero attached hydrogens (tertiary/aromatic N) is 1. The van der Waals surface area contributed by atoms with E-state index in [2.05, 4.69) is 10.5 Å². The highest BCUT2D eigenvalue weighted by atomic mass is 16.7. The van der Waals surface area contributed by atoms with Crippen LogP contribution in [0.1, 0.15) is 94.9 Å². The van der Waals surface area contributed by atoms with Gasteiger partial charge in [-0.3, -0.25) is 4.79 Å². The standard InChI is InChI=1S/C40H74N2O15/c1-14-28-40(10,48)33(44)23(4)30(42-52-20-51-16-15-49-12)21(2)18-38(8,47)35(57-37-31(43)27(41-11)17-22(3)53-37)24(5)32(25(6)36(46)55-28)56-29-19-39(9,50-13)34(45)26(7)54-29/h21-29,31-35,37,41,43-45,47-48H,14-20H2,1-13H3/b42-30+/t21-,22?,23-,24+,25+,26?,27?,28-,29?,31?,32+,33+,34?,35-,37?,38+,39?,40?/m0/s1. The Morgan fingerprint density at radius 1 is 0.912 bits per heavy atom. The molecule has 0 aromatic heterocycles. The molecule has 57 heavy (non-hydrogen) atoms. The van der Waals surface area contributed by atoms with E-state index >= 15 is 0 Å². The van der Waals surface area contributed by atoms with Gasteiger partial charge in [-0.1, -0.05) is 32.9 Å². The molecule has 3 aliphatic rings. The van der Waals surface area contributed by atoms with Crippen LogP contribution in [0, 0.1) is 23.7 Å². The molecule has 9 unspecified atom stereocenters. The summed E-state index contributed by atoms with van der Waals surface area (Å²) in [6.07, 6.45) is -9.54. The summed E-state index contributed by atoms with van der Waals surface area (Å²) in [5.74, 6) is -4.14. The molecular formula is C40H74N2O15. The number of oxime groups is 1. The van der Waals surface area contributed by atoms with Gasteiger partial charge in [-0.25, -0.2) is 0 Å². The fourth-order valence-electron chi connectivity index (χ4n) is 8.73. The number of carbonyl (C=O) groups excluding carboxylic acids is 1. The van der Waals surface area contributed by atoms with Crippen molar-refractivity contribution in [1.82, 2.24) is 5.32 Å². The molecule has 3 fully saturated rings. The van der Waals surface area contributed by atoms with Crippen molar-refractivity contribution < 1.29 is 73.1 Å². The van der Waals surface area contributed by atoms with Gasteiger partial charge in [0.05, 0.1) is 66.6 Å². The monoisotopic (exact) mass is 823 g/mol. The molecular weight excluding hydrogens is 748 g/mol. The number of carbonyl (C=O) groups is 1. The highest BCUT2D eigenvalue weighted by Gasteiger charge is 2.53. The molecule has 17 nitrogen and oxygen atoms in total. The van der Waals surface area contributed by atoms with Crippen molar-refractivity contribution in [2.75, 3.05) is 41.3 Å². The summed E-state index contributed by atoms with van der Waals surface area (Å²) in [5.41, 5.74) is -4.49. The number of aliphatic hydroxyl groups is 5. The molecule has 334 valence electrons. The van der Waals surface area contributed by atoms with Crippen LogP contribution in [-0.2, 0) is 47.5 Å². The minimum absolute atomic E-state index is 0.0323. The zero-order valence-electron chi connectivity index (χ0n) is 36.4. The molecule has 3 saturated heterocycles. The summed E-state index contributed by atoms with van der Waals surface area (Å²) in [5, 5.41) is 66.4. The highest BCUT2D eigenvalue weighted by molar-refractivity contribution is 5.88. The lowest BCUT2D eigenvalue weighted by Gasteiger charge is -2.49. The molecule has 6 N–H and O–H groups in total. The van der Waals surface area contributed by atoms with Crippen molar-refractivity contribution in [1.29, 1.82) is 0 Å². The Morgan fingerprint density at radius 3 is 2.18 bits per heavy atom. The molecule has 3 heterocycles. The number of rotatable bonds is 13. The van der Waals surface area contributed by atoms with E-state index in [0.29, 0.717) is 18.7 Å². The van der Waals surface area contributed by atoms with Crippen LogP contribution >= 0.6 is 0 Å². The lowest BCUT2D eigenvalue weighted by atomic mass is 9.73. The number of hydrogen-bond acceptors (Lipinski definition) is 17. The molecule has 0 spiro atoms. The summed E-state index contributed by atoms with van der Waals surface area (Å²) in [6.45, 7) is 17.2. The first-order valence-electron chi connectivity index (χ1n) is 20.4. The normalized spacial score (nSPS) is 46.3. The van der Waals surface area contributed by atoms with Crippen LogP contribution in [-0.4, -0.2) is 163 Å². The van der Waals surface area contributed by atoms with E-state index in [-0.39, 0.29) is 44.8 Å². The Kier molecular flexibility index (Phi) is 18.6. The summed E-state index contributed by atoms with van der Waals surface area (Å²) in [7, 11) is 4.77. The third kappa shape index (κ3) is 12.0. The van der Waals surface area contributed by atoms with Gasteiger partial charge in [0.2, 0.25) is 6.79 Å². The number of esters is 1. The second kappa shape index (κ2) is 21.3. The van der Waals surface area contributed by atoms with Gasteiger partial charge in [0.25, 0.3) is 0 Å². The van der Waals surface area contributed by atoms with E-state index in [1.807, 2.05) is 6.92 Å². The molecule has 3 aliphatic heterocycles. The third-order valence-electron chi connectivity index (χ3n) is 12.3. The van der Waals surface area contributed by atoms with Gasteiger partial charge in [0.15, 0.2) is 12.6 Å². The van der Waals surface area contributed by atoms with Gasteiger partial charge < -0.3 is 73.6 Å². The van der Waals surface area contributed by atoms with Gasteiger partial charge in [0, 0.05) is 44.4 Å². The largest absolute Gasteiger partial charge is 0.459 e. The maximum absolute atomic E-state index is 14.3. The smallest absolute Gasteiger partial charge is 0.311 e. The summed E-state index contributed by atoms with van der Waals surface area (Å²) in [6, 6.07) is -0.379. The van der Waals surface area contributed by atoms with Gasteiger partial charge >= 0.3 is 5.97 Å². The Balaban J connectivity index is 2.21. The molecule has 0 aromatic carbocycles. The van der Waals surface area contributed by atoms with Crippen LogP contribution < -0.4 is 5.32 Å². The van der Waals surface area contributed by atoms with Crippen LogP contribution in [0.25, 0.3) is 0 Å². The molecule has 0 aromatic rings. The molecule has 0 radical (unpaired) electrons. The van der Waals surface area contributed by atoms with Gasteiger partial charge in [-0.05, 0) is 67.9 Å². The Hall–Kier alpha value is -1.58. The molecule has 18 atom stereocenters. The van der Waals surface area contributed by atoms with E-state index in [9.17, 15) is 30.3 Å². The van der Waals surface area contributed by atoms with Crippen LogP contribution in [0.5, 0.6) is 0 Å². The Morgan fingerprint density at radius 2 is 1.58 bits per heavy atom. The molecule has 0 bridgehead atoms. The van der Waals surface area contributed by atoms with E-state index < -0.39 is 102 Å². The quantitative estimate of drug-likeness (QED) is 0.0675. The molecule has 17 heteroatoms. The Bertz CT molecular complexity index is 1270. The van der Waals surface area contributed by atoms with Crippen molar-refractivity contribution in [2.24, 2.45) is 28.8 Å². The number of aliphatic hydroxyl groups excluding tert-OH is 3. The first-order valence-corrected chi connectivity index (χ1v) is 20.4. The molecule has 3 rings (SSSR count). The van der Waals surface area contributed by atoms with Crippen molar-refractivity contribution in [3.8, 4) is 0 Å². The zero-order valence-corrected chi connectivity index (χ0v) is 36.4. The summed E-state index contributed by atoms with van der Waals surface area (Å²) >= 11 is 0. The average Bonchev–Trinajstić information content (AvgIpc) is 3.15.